The predicted molar refractivity (Wildman–Crippen MR) is 69.0 cm³/mol. The molecule has 1 heterocycles. The van der Waals surface area contributed by atoms with Crippen LogP contribution < -0.4 is 0 Å². The zero-order valence-corrected chi connectivity index (χ0v) is 10.6. The van der Waals surface area contributed by atoms with Gasteiger partial charge >= 0.3 is 0 Å². The average Bonchev–Trinajstić information content (AvgIpc) is 2.83. The highest BCUT2D eigenvalue weighted by molar-refractivity contribution is 5.53. The van der Waals surface area contributed by atoms with Crippen molar-refractivity contribution < 1.29 is 4.92 Å². The minimum absolute atomic E-state index is 0.0306. The highest BCUT2D eigenvalue weighted by atomic mass is 16.6. The molecule has 0 atom stereocenters. The van der Waals surface area contributed by atoms with Crippen molar-refractivity contribution in [1.29, 1.82) is 5.26 Å². The molecule has 96 valence electrons. The van der Waals surface area contributed by atoms with Crippen molar-refractivity contribution in [2.75, 3.05) is 0 Å². The monoisotopic (exact) mass is 256 g/mol. The van der Waals surface area contributed by atoms with Gasteiger partial charge in [-0.25, -0.2) is 4.68 Å². The van der Waals surface area contributed by atoms with Crippen LogP contribution in [-0.4, -0.2) is 14.7 Å². The molecular formula is C13H12N4O2. The molecule has 0 spiro atoms. The van der Waals surface area contributed by atoms with E-state index in [1.54, 1.807) is 24.3 Å². The highest BCUT2D eigenvalue weighted by Crippen LogP contribution is 2.26. The molecule has 1 aromatic heterocycles. The molecule has 0 fully saturated rings. The van der Waals surface area contributed by atoms with Gasteiger partial charge in [0.05, 0.1) is 4.92 Å². The predicted octanol–water partition coefficient (Wildman–Crippen LogP) is 2.78. The molecule has 0 amide bonds. The van der Waals surface area contributed by atoms with Gasteiger partial charge in [-0.1, -0.05) is 26.0 Å². The summed E-state index contributed by atoms with van der Waals surface area (Å²) in [5.41, 5.74) is 1.36. The molecule has 1 aromatic carbocycles. The van der Waals surface area contributed by atoms with E-state index >= 15 is 0 Å². The molecule has 6 nitrogen and oxygen atoms in total. The molecular weight excluding hydrogens is 244 g/mol. The second-order valence-corrected chi connectivity index (χ2v) is 4.38. The lowest BCUT2D eigenvalue weighted by molar-refractivity contribution is -0.384. The molecule has 0 radical (unpaired) electrons. The van der Waals surface area contributed by atoms with Crippen molar-refractivity contribution >= 4 is 5.69 Å². The molecule has 0 aliphatic heterocycles. The van der Waals surface area contributed by atoms with Crippen molar-refractivity contribution in [3.05, 3.63) is 51.8 Å². The fourth-order valence-electron chi connectivity index (χ4n) is 1.85. The van der Waals surface area contributed by atoms with Gasteiger partial charge in [0.25, 0.3) is 5.69 Å². The van der Waals surface area contributed by atoms with E-state index in [0.29, 0.717) is 5.69 Å². The van der Waals surface area contributed by atoms with Gasteiger partial charge in [-0.2, -0.15) is 10.4 Å². The first-order valence-electron chi connectivity index (χ1n) is 5.78. The summed E-state index contributed by atoms with van der Waals surface area (Å²) in [5, 5.41) is 24.1. The van der Waals surface area contributed by atoms with Gasteiger partial charge < -0.3 is 0 Å². The van der Waals surface area contributed by atoms with E-state index in [9.17, 15) is 10.1 Å². The van der Waals surface area contributed by atoms with Crippen molar-refractivity contribution in [3.8, 4) is 11.8 Å². The van der Waals surface area contributed by atoms with Crippen LogP contribution in [0, 0.1) is 21.4 Å². The van der Waals surface area contributed by atoms with Crippen molar-refractivity contribution in [1.82, 2.24) is 9.78 Å². The molecule has 2 aromatic rings. The van der Waals surface area contributed by atoms with Crippen molar-refractivity contribution in [2.45, 2.75) is 19.8 Å². The fraction of sp³-hybridized carbons (Fsp3) is 0.231. The SMILES string of the molecule is CC(C)c1cc(C#N)nn1-c1ccccc1[N+](=O)[O-]. The summed E-state index contributed by atoms with van der Waals surface area (Å²) in [6.45, 7) is 3.90. The summed E-state index contributed by atoms with van der Waals surface area (Å²) in [7, 11) is 0. The van der Waals surface area contributed by atoms with Crippen LogP contribution >= 0.6 is 0 Å². The number of rotatable bonds is 3. The van der Waals surface area contributed by atoms with Crippen LogP contribution in [-0.2, 0) is 0 Å². The van der Waals surface area contributed by atoms with Crippen LogP contribution in [0.1, 0.15) is 31.2 Å². The van der Waals surface area contributed by atoms with Crippen LogP contribution in [0.4, 0.5) is 5.69 Å². The largest absolute Gasteiger partial charge is 0.294 e. The summed E-state index contributed by atoms with van der Waals surface area (Å²) >= 11 is 0. The number of nitro benzene ring substituents is 1. The molecule has 0 N–H and O–H groups in total. The number of nitriles is 1. The number of para-hydroxylation sites is 2. The number of benzene rings is 1. The molecule has 0 bridgehead atoms. The number of hydrogen-bond donors (Lipinski definition) is 0. The summed E-state index contributed by atoms with van der Waals surface area (Å²) in [4.78, 5) is 10.6. The van der Waals surface area contributed by atoms with E-state index in [4.69, 9.17) is 5.26 Å². The topological polar surface area (TPSA) is 84.8 Å². The van der Waals surface area contributed by atoms with Crippen LogP contribution in [0.2, 0.25) is 0 Å². The zero-order chi connectivity index (χ0) is 14.0. The maximum absolute atomic E-state index is 11.1. The Kier molecular flexibility index (Phi) is 3.29. The van der Waals surface area contributed by atoms with E-state index in [-0.39, 0.29) is 17.3 Å². The first-order valence-corrected chi connectivity index (χ1v) is 5.78. The lowest BCUT2D eigenvalue weighted by atomic mass is 10.1. The number of nitro groups is 1. The molecule has 6 heteroatoms. The maximum Gasteiger partial charge on any atom is 0.294 e. The lowest BCUT2D eigenvalue weighted by Gasteiger charge is -2.09. The smallest absolute Gasteiger partial charge is 0.258 e. The molecule has 0 saturated heterocycles. The van der Waals surface area contributed by atoms with Gasteiger partial charge in [-0.3, -0.25) is 10.1 Å². The van der Waals surface area contributed by atoms with Gasteiger partial charge in [0.2, 0.25) is 0 Å². The molecule has 0 aliphatic carbocycles. The van der Waals surface area contributed by atoms with E-state index < -0.39 is 4.92 Å². The molecule has 2 rings (SSSR count). The summed E-state index contributed by atoms with van der Waals surface area (Å²) in [6.07, 6.45) is 0. The number of nitrogens with zero attached hydrogens (tertiary/aromatic N) is 4. The van der Waals surface area contributed by atoms with Gasteiger partial charge in [-0.15, -0.1) is 0 Å². The van der Waals surface area contributed by atoms with Crippen LogP contribution in [0.25, 0.3) is 5.69 Å². The normalized spacial score (nSPS) is 10.4. The summed E-state index contributed by atoms with van der Waals surface area (Å²) in [5.74, 6) is 0.106. The van der Waals surface area contributed by atoms with Crippen LogP contribution in [0.5, 0.6) is 0 Å². The second-order valence-electron chi connectivity index (χ2n) is 4.38. The van der Waals surface area contributed by atoms with Crippen molar-refractivity contribution in [2.24, 2.45) is 0 Å². The Morgan fingerprint density at radius 2 is 2.11 bits per heavy atom. The minimum Gasteiger partial charge on any atom is -0.258 e. The first-order chi connectivity index (χ1) is 9.04. The number of aromatic nitrogens is 2. The standard InChI is InChI=1S/C13H12N4O2/c1-9(2)13-7-10(8-14)15-16(13)11-5-3-4-6-12(11)17(18)19/h3-7,9H,1-2H3. The lowest BCUT2D eigenvalue weighted by Crippen LogP contribution is -2.06. The Balaban J connectivity index is 2.69. The quantitative estimate of drug-likeness (QED) is 0.624. The highest BCUT2D eigenvalue weighted by Gasteiger charge is 2.19. The minimum atomic E-state index is -0.451. The molecule has 19 heavy (non-hydrogen) atoms. The Hall–Kier alpha value is -2.68. The van der Waals surface area contributed by atoms with Gasteiger partial charge in [-0.05, 0) is 18.1 Å². The number of hydrogen-bond acceptors (Lipinski definition) is 4. The first kappa shape index (κ1) is 12.8. The Bertz CT molecular complexity index is 668. The van der Waals surface area contributed by atoms with Gasteiger partial charge in [0.1, 0.15) is 11.8 Å². The van der Waals surface area contributed by atoms with Gasteiger partial charge in [0, 0.05) is 11.8 Å². The van der Waals surface area contributed by atoms with E-state index in [2.05, 4.69) is 5.10 Å². The summed E-state index contributed by atoms with van der Waals surface area (Å²) in [6, 6.07) is 9.97. The third kappa shape index (κ3) is 2.31. The maximum atomic E-state index is 11.1. The third-order valence-corrected chi connectivity index (χ3v) is 2.75. The Labute approximate surface area is 110 Å². The fourth-order valence-corrected chi connectivity index (χ4v) is 1.85. The van der Waals surface area contributed by atoms with Crippen molar-refractivity contribution in [3.63, 3.8) is 0 Å². The van der Waals surface area contributed by atoms with E-state index in [1.165, 1.54) is 10.7 Å². The molecule has 0 aliphatic rings. The molecule has 0 saturated carbocycles. The summed E-state index contributed by atoms with van der Waals surface area (Å²) < 4.78 is 1.47. The van der Waals surface area contributed by atoms with E-state index in [1.807, 2.05) is 19.9 Å². The average molecular weight is 256 g/mol. The Morgan fingerprint density at radius 1 is 1.42 bits per heavy atom. The van der Waals surface area contributed by atoms with Crippen LogP contribution in [0.3, 0.4) is 0 Å². The Morgan fingerprint density at radius 3 is 2.68 bits per heavy atom. The van der Waals surface area contributed by atoms with Gasteiger partial charge in [0.15, 0.2) is 5.69 Å². The van der Waals surface area contributed by atoms with Crippen LogP contribution in [0.15, 0.2) is 30.3 Å². The third-order valence-electron chi connectivity index (χ3n) is 2.75. The zero-order valence-electron chi connectivity index (χ0n) is 10.6. The molecule has 0 unspecified atom stereocenters. The second kappa shape index (κ2) is 4.90. The van der Waals surface area contributed by atoms with E-state index in [0.717, 1.165) is 5.69 Å².